The predicted octanol–water partition coefficient (Wildman–Crippen LogP) is 1.16. The molecular weight excluding hydrogens is 328 g/mol. The predicted molar refractivity (Wildman–Crippen MR) is 90.2 cm³/mol. The van der Waals surface area contributed by atoms with E-state index in [4.69, 9.17) is 0 Å². The summed E-state index contributed by atoms with van der Waals surface area (Å²) in [6.07, 6.45) is 5.04. The SMILES string of the molecule is CC(=O)N1CCCc2cc(S(=O)(=O)NCCn3cccn3)ccc21. The number of anilines is 1. The van der Waals surface area contributed by atoms with Gasteiger partial charge in [0.2, 0.25) is 15.9 Å². The summed E-state index contributed by atoms with van der Waals surface area (Å²) < 4.78 is 29.1. The second-order valence-electron chi connectivity index (χ2n) is 5.73. The van der Waals surface area contributed by atoms with Crippen molar-refractivity contribution in [3.63, 3.8) is 0 Å². The van der Waals surface area contributed by atoms with E-state index >= 15 is 0 Å². The minimum Gasteiger partial charge on any atom is -0.312 e. The van der Waals surface area contributed by atoms with Crippen LogP contribution in [0, 0.1) is 0 Å². The highest BCUT2D eigenvalue weighted by molar-refractivity contribution is 7.89. The van der Waals surface area contributed by atoms with Gasteiger partial charge in [-0.1, -0.05) is 0 Å². The third-order valence-corrected chi connectivity index (χ3v) is 5.51. The fourth-order valence-electron chi connectivity index (χ4n) is 2.88. The van der Waals surface area contributed by atoms with Gasteiger partial charge in [-0.15, -0.1) is 0 Å². The number of sulfonamides is 1. The average Bonchev–Trinajstić information content (AvgIpc) is 3.06. The monoisotopic (exact) mass is 348 g/mol. The molecule has 7 nitrogen and oxygen atoms in total. The van der Waals surface area contributed by atoms with Gasteiger partial charge < -0.3 is 4.90 Å². The zero-order chi connectivity index (χ0) is 17.2. The van der Waals surface area contributed by atoms with E-state index in [1.807, 2.05) is 0 Å². The van der Waals surface area contributed by atoms with Crippen LogP contribution in [0.4, 0.5) is 5.69 Å². The molecule has 0 fully saturated rings. The highest BCUT2D eigenvalue weighted by Gasteiger charge is 2.22. The molecule has 128 valence electrons. The Labute approximate surface area is 141 Å². The van der Waals surface area contributed by atoms with E-state index in [1.54, 1.807) is 46.2 Å². The van der Waals surface area contributed by atoms with Gasteiger partial charge in [0, 0.05) is 38.1 Å². The average molecular weight is 348 g/mol. The first-order valence-corrected chi connectivity index (χ1v) is 9.34. The van der Waals surface area contributed by atoms with Gasteiger partial charge in [0.25, 0.3) is 0 Å². The van der Waals surface area contributed by atoms with Gasteiger partial charge in [0.1, 0.15) is 0 Å². The van der Waals surface area contributed by atoms with Crippen LogP contribution in [0.3, 0.4) is 0 Å². The summed E-state index contributed by atoms with van der Waals surface area (Å²) in [5.41, 5.74) is 1.70. The van der Waals surface area contributed by atoms with Crippen molar-refractivity contribution in [1.82, 2.24) is 14.5 Å². The number of carbonyl (C=O) groups excluding carboxylic acids is 1. The van der Waals surface area contributed by atoms with Crippen LogP contribution in [0.1, 0.15) is 18.9 Å². The van der Waals surface area contributed by atoms with Crippen molar-refractivity contribution in [2.75, 3.05) is 18.0 Å². The molecule has 0 bridgehead atoms. The molecule has 1 aliphatic rings. The molecule has 0 atom stereocenters. The summed E-state index contributed by atoms with van der Waals surface area (Å²) in [5, 5.41) is 4.04. The first-order chi connectivity index (χ1) is 11.5. The molecule has 24 heavy (non-hydrogen) atoms. The summed E-state index contributed by atoms with van der Waals surface area (Å²) in [7, 11) is -3.58. The number of carbonyl (C=O) groups is 1. The molecule has 1 amide bonds. The van der Waals surface area contributed by atoms with Crippen LogP contribution in [0.5, 0.6) is 0 Å². The van der Waals surface area contributed by atoms with Gasteiger partial charge in [-0.25, -0.2) is 13.1 Å². The normalized spacial score (nSPS) is 14.5. The molecule has 0 saturated carbocycles. The van der Waals surface area contributed by atoms with Gasteiger partial charge in [0.15, 0.2) is 0 Å². The standard InChI is InChI=1S/C16H20N4O3S/c1-13(21)20-10-2-4-14-12-15(5-6-16(14)20)24(22,23)18-8-11-19-9-3-7-17-19/h3,5-7,9,12,18H,2,4,8,10-11H2,1H3. The lowest BCUT2D eigenvalue weighted by Gasteiger charge is -2.28. The Kier molecular flexibility index (Phi) is 4.68. The van der Waals surface area contributed by atoms with Gasteiger partial charge in [-0.3, -0.25) is 9.48 Å². The molecule has 0 radical (unpaired) electrons. The van der Waals surface area contributed by atoms with Crippen molar-refractivity contribution in [2.24, 2.45) is 0 Å². The van der Waals surface area contributed by atoms with E-state index in [9.17, 15) is 13.2 Å². The maximum atomic E-state index is 12.4. The summed E-state index contributed by atoms with van der Waals surface area (Å²) >= 11 is 0. The molecule has 1 N–H and O–H groups in total. The van der Waals surface area contributed by atoms with Crippen molar-refractivity contribution in [3.05, 3.63) is 42.2 Å². The van der Waals surface area contributed by atoms with Crippen LogP contribution in [0.15, 0.2) is 41.6 Å². The maximum Gasteiger partial charge on any atom is 0.240 e. The molecule has 0 unspecified atom stereocenters. The quantitative estimate of drug-likeness (QED) is 0.879. The van der Waals surface area contributed by atoms with Crippen LogP contribution < -0.4 is 9.62 Å². The second-order valence-corrected chi connectivity index (χ2v) is 7.50. The molecule has 0 aliphatic carbocycles. The van der Waals surface area contributed by atoms with Crippen molar-refractivity contribution < 1.29 is 13.2 Å². The molecular formula is C16H20N4O3S. The summed E-state index contributed by atoms with van der Waals surface area (Å²) in [6, 6.07) is 6.73. The number of nitrogens with zero attached hydrogens (tertiary/aromatic N) is 3. The Morgan fingerprint density at radius 1 is 1.38 bits per heavy atom. The van der Waals surface area contributed by atoms with Crippen molar-refractivity contribution in [1.29, 1.82) is 0 Å². The molecule has 3 rings (SSSR count). The number of nitrogens with one attached hydrogen (secondary N) is 1. The maximum absolute atomic E-state index is 12.4. The third-order valence-electron chi connectivity index (χ3n) is 4.05. The first-order valence-electron chi connectivity index (χ1n) is 7.85. The molecule has 0 spiro atoms. The summed E-state index contributed by atoms with van der Waals surface area (Å²) in [4.78, 5) is 13.6. The Hall–Kier alpha value is -2.19. The smallest absolute Gasteiger partial charge is 0.240 e. The van der Waals surface area contributed by atoms with Gasteiger partial charge >= 0.3 is 0 Å². The largest absolute Gasteiger partial charge is 0.312 e. The molecule has 2 heterocycles. The molecule has 2 aromatic rings. The Bertz CT molecular complexity index is 831. The number of fused-ring (bicyclic) bond motifs is 1. The van der Waals surface area contributed by atoms with Crippen molar-refractivity contribution >= 4 is 21.6 Å². The number of aryl methyl sites for hydroxylation is 1. The van der Waals surface area contributed by atoms with Crippen molar-refractivity contribution in [2.45, 2.75) is 31.2 Å². The summed E-state index contributed by atoms with van der Waals surface area (Å²) in [5.74, 6) is -0.0242. The van der Waals surface area contributed by atoms with E-state index in [0.29, 0.717) is 13.1 Å². The lowest BCUT2D eigenvalue weighted by atomic mass is 10.0. The van der Waals surface area contributed by atoms with E-state index in [2.05, 4.69) is 9.82 Å². The lowest BCUT2D eigenvalue weighted by Crippen LogP contribution is -2.34. The lowest BCUT2D eigenvalue weighted by molar-refractivity contribution is -0.116. The molecule has 1 aromatic heterocycles. The zero-order valence-electron chi connectivity index (χ0n) is 13.5. The summed E-state index contributed by atoms with van der Waals surface area (Å²) in [6.45, 7) is 2.93. The molecule has 8 heteroatoms. The highest BCUT2D eigenvalue weighted by atomic mass is 32.2. The zero-order valence-corrected chi connectivity index (χ0v) is 14.3. The van der Waals surface area contributed by atoms with Crippen LogP contribution in [-0.4, -0.2) is 37.2 Å². The minimum absolute atomic E-state index is 0.0242. The minimum atomic E-state index is -3.58. The molecule has 0 saturated heterocycles. The Morgan fingerprint density at radius 2 is 2.21 bits per heavy atom. The number of amides is 1. The second kappa shape index (κ2) is 6.74. The first kappa shape index (κ1) is 16.7. The highest BCUT2D eigenvalue weighted by Crippen LogP contribution is 2.29. The topological polar surface area (TPSA) is 84.3 Å². The van der Waals surface area contributed by atoms with E-state index < -0.39 is 10.0 Å². The Morgan fingerprint density at radius 3 is 2.92 bits per heavy atom. The van der Waals surface area contributed by atoms with Crippen LogP contribution in [0.25, 0.3) is 0 Å². The number of rotatable bonds is 5. The Balaban J connectivity index is 1.75. The van der Waals surface area contributed by atoms with Gasteiger partial charge in [0.05, 0.1) is 11.4 Å². The van der Waals surface area contributed by atoms with Crippen LogP contribution >= 0.6 is 0 Å². The fraction of sp³-hybridized carbons (Fsp3) is 0.375. The number of hydrogen-bond donors (Lipinski definition) is 1. The van der Waals surface area contributed by atoms with Crippen molar-refractivity contribution in [3.8, 4) is 0 Å². The van der Waals surface area contributed by atoms with Gasteiger partial charge in [-0.2, -0.15) is 5.10 Å². The van der Waals surface area contributed by atoms with E-state index in [-0.39, 0.29) is 17.3 Å². The molecule has 1 aromatic carbocycles. The van der Waals surface area contributed by atoms with Gasteiger partial charge in [-0.05, 0) is 42.7 Å². The van der Waals surface area contributed by atoms with E-state index in [1.165, 1.54) is 6.92 Å². The van der Waals surface area contributed by atoms with Crippen LogP contribution in [-0.2, 0) is 27.8 Å². The van der Waals surface area contributed by atoms with E-state index in [0.717, 1.165) is 24.1 Å². The fourth-order valence-corrected chi connectivity index (χ4v) is 3.95. The molecule has 1 aliphatic heterocycles. The number of benzene rings is 1. The third kappa shape index (κ3) is 3.49. The number of hydrogen-bond acceptors (Lipinski definition) is 4. The van der Waals surface area contributed by atoms with Crippen LogP contribution in [0.2, 0.25) is 0 Å². The number of aromatic nitrogens is 2.